The lowest BCUT2D eigenvalue weighted by atomic mass is 9.69. The molecule has 1 amide bonds. The molecule has 0 bridgehead atoms. The number of hydrogen-bond acceptors (Lipinski definition) is 2. The van der Waals surface area contributed by atoms with Crippen LogP contribution in [0.5, 0.6) is 0 Å². The van der Waals surface area contributed by atoms with Gasteiger partial charge in [-0.2, -0.15) is 0 Å². The predicted octanol–water partition coefficient (Wildman–Crippen LogP) is 5.16. The largest absolute Gasteiger partial charge is 0.294 e. The highest BCUT2D eigenvalue weighted by Gasteiger charge is 2.44. The van der Waals surface area contributed by atoms with Crippen LogP contribution in [0.1, 0.15) is 50.2 Å². The molecule has 1 heterocycles. The highest BCUT2D eigenvalue weighted by molar-refractivity contribution is 6.07. The molecule has 0 saturated heterocycles. The van der Waals surface area contributed by atoms with Gasteiger partial charge in [0.25, 0.3) is 0 Å². The molecule has 0 fully saturated rings. The summed E-state index contributed by atoms with van der Waals surface area (Å²) in [7, 11) is 0. The number of hydrogen-bond donors (Lipinski definition) is 0. The van der Waals surface area contributed by atoms with Crippen molar-refractivity contribution in [3.05, 3.63) is 77.0 Å². The molecule has 27 heavy (non-hydrogen) atoms. The number of ketones is 1. The number of carbonyl (C=O) groups excluding carboxylic acids is 2. The van der Waals surface area contributed by atoms with Crippen molar-refractivity contribution >= 4 is 17.4 Å². The maximum atomic E-state index is 13.2. The van der Waals surface area contributed by atoms with Crippen molar-refractivity contribution in [2.24, 2.45) is 5.41 Å². The molecule has 1 aliphatic heterocycles. The average Bonchev–Trinajstić information content (AvgIpc) is 2.62. The molecule has 1 atom stereocenters. The van der Waals surface area contributed by atoms with Crippen molar-refractivity contribution in [2.45, 2.75) is 46.0 Å². The number of Topliss-reactive ketones (excluding diaryl/α,β-unsaturated/α-hetero) is 1. The van der Waals surface area contributed by atoms with Gasteiger partial charge in [-0.05, 0) is 36.5 Å². The number of aryl methyl sites for hydroxylation is 1. The fourth-order valence-corrected chi connectivity index (χ4v) is 4.38. The topological polar surface area (TPSA) is 37.4 Å². The zero-order chi connectivity index (χ0) is 19.2. The fourth-order valence-electron chi connectivity index (χ4n) is 4.38. The quantitative estimate of drug-likeness (QED) is 0.743. The molecule has 2 aromatic carbocycles. The molecule has 4 rings (SSSR count). The summed E-state index contributed by atoms with van der Waals surface area (Å²) in [6.07, 6.45) is 1.60. The van der Waals surface area contributed by atoms with Crippen molar-refractivity contribution in [1.29, 1.82) is 0 Å². The lowest BCUT2D eigenvalue weighted by Crippen LogP contribution is -2.43. The third-order valence-corrected chi connectivity index (χ3v) is 5.64. The van der Waals surface area contributed by atoms with Crippen LogP contribution in [0.3, 0.4) is 0 Å². The van der Waals surface area contributed by atoms with Crippen LogP contribution < -0.4 is 4.90 Å². The minimum absolute atomic E-state index is 0.0666. The number of amides is 1. The Balaban J connectivity index is 1.89. The molecule has 3 nitrogen and oxygen atoms in total. The van der Waals surface area contributed by atoms with E-state index in [1.165, 1.54) is 0 Å². The van der Waals surface area contributed by atoms with E-state index in [9.17, 15) is 9.59 Å². The van der Waals surface area contributed by atoms with E-state index in [0.29, 0.717) is 12.8 Å². The third kappa shape index (κ3) is 3.23. The molecule has 0 radical (unpaired) electrons. The van der Waals surface area contributed by atoms with Crippen molar-refractivity contribution < 1.29 is 9.59 Å². The summed E-state index contributed by atoms with van der Waals surface area (Å²) >= 11 is 0. The second kappa shape index (κ2) is 6.49. The molecule has 0 spiro atoms. The zero-order valence-corrected chi connectivity index (χ0v) is 16.2. The second-order valence-electron chi connectivity index (χ2n) is 8.53. The number of rotatable bonds is 2. The summed E-state index contributed by atoms with van der Waals surface area (Å²) in [5.74, 6) is 0.107. The summed E-state index contributed by atoms with van der Waals surface area (Å²) < 4.78 is 0. The molecular formula is C24H25NO2. The number of allylic oxidation sites excluding steroid dienone is 2. The van der Waals surface area contributed by atoms with Crippen LogP contribution >= 0.6 is 0 Å². The van der Waals surface area contributed by atoms with Gasteiger partial charge in [0.05, 0.1) is 0 Å². The Morgan fingerprint density at radius 2 is 1.59 bits per heavy atom. The van der Waals surface area contributed by atoms with Gasteiger partial charge in [-0.15, -0.1) is 0 Å². The van der Waals surface area contributed by atoms with Gasteiger partial charge < -0.3 is 0 Å². The molecular weight excluding hydrogens is 334 g/mol. The van der Waals surface area contributed by atoms with E-state index in [1.807, 2.05) is 61.5 Å². The van der Waals surface area contributed by atoms with E-state index in [2.05, 4.69) is 13.8 Å². The first-order valence-electron chi connectivity index (χ1n) is 9.56. The van der Waals surface area contributed by atoms with Gasteiger partial charge in [-0.25, -0.2) is 0 Å². The Morgan fingerprint density at radius 1 is 0.926 bits per heavy atom. The van der Waals surface area contributed by atoms with E-state index in [1.54, 1.807) is 4.90 Å². The SMILES string of the molecule is Cc1ccc(N2C(=O)C[C@@H](c3ccccc3)C3=C2CC(C)(C)CC3=O)cc1. The number of anilines is 1. The summed E-state index contributed by atoms with van der Waals surface area (Å²) in [5, 5.41) is 0. The van der Waals surface area contributed by atoms with Crippen LogP contribution in [0.15, 0.2) is 65.9 Å². The van der Waals surface area contributed by atoms with Crippen LogP contribution in [0.4, 0.5) is 5.69 Å². The van der Waals surface area contributed by atoms with Gasteiger partial charge in [-0.1, -0.05) is 61.9 Å². The number of nitrogens with zero attached hydrogens (tertiary/aromatic N) is 1. The van der Waals surface area contributed by atoms with Gasteiger partial charge in [0.2, 0.25) is 5.91 Å². The predicted molar refractivity (Wildman–Crippen MR) is 108 cm³/mol. The van der Waals surface area contributed by atoms with Crippen molar-refractivity contribution in [1.82, 2.24) is 0 Å². The monoisotopic (exact) mass is 359 g/mol. The molecule has 0 saturated carbocycles. The molecule has 0 unspecified atom stereocenters. The normalized spacial score (nSPS) is 22.0. The summed E-state index contributed by atoms with van der Waals surface area (Å²) in [6.45, 7) is 6.25. The van der Waals surface area contributed by atoms with Crippen LogP contribution in [0.25, 0.3) is 0 Å². The summed E-state index contributed by atoms with van der Waals surface area (Å²) in [4.78, 5) is 28.2. The Kier molecular flexibility index (Phi) is 4.26. The molecule has 1 aliphatic carbocycles. The van der Waals surface area contributed by atoms with E-state index in [0.717, 1.165) is 34.5 Å². The van der Waals surface area contributed by atoms with Crippen LogP contribution in [0.2, 0.25) is 0 Å². The highest BCUT2D eigenvalue weighted by Crippen LogP contribution is 2.48. The lowest BCUT2D eigenvalue weighted by Gasteiger charge is -2.43. The number of carbonyl (C=O) groups is 2. The maximum Gasteiger partial charge on any atom is 0.232 e. The molecule has 0 N–H and O–H groups in total. The van der Waals surface area contributed by atoms with E-state index in [-0.39, 0.29) is 23.0 Å². The van der Waals surface area contributed by atoms with Gasteiger partial charge >= 0.3 is 0 Å². The summed E-state index contributed by atoms with van der Waals surface area (Å²) in [5.41, 5.74) is 4.65. The standard InChI is InChI=1S/C24H25NO2/c1-16-9-11-18(12-10-16)25-20-14-24(2,3)15-21(26)23(20)19(13-22(25)27)17-7-5-4-6-8-17/h4-12,19H,13-15H2,1-3H3/t19-/m0/s1. The Hall–Kier alpha value is -2.68. The van der Waals surface area contributed by atoms with E-state index >= 15 is 0 Å². The molecule has 138 valence electrons. The van der Waals surface area contributed by atoms with E-state index in [4.69, 9.17) is 0 Å². The Morgan fingerprint density at radius 3 is 2.26 bits per heavy atom. The maximum absolute atomic E-state index is 13.2. The summed E-state index contributed by atoms with van der Waals surface area (Å²) in [6, 6.07) is 18.0. The van der Waals surface area contributed by atoms with Gasteiger partial charge in [-0.3, -0.25) is 14.5 Å². The molecule has 2 aliphatic rings. The minimum Gasteiger partial charge on any atom is -0.294 e. The highest BCUT2D eigenvalue weighted by atomic mass is 16.2. The van der Waals surface area contributed by atoms with E-state index < -0.39 is 0 Å². The zero-order valence-electron chi connectivity index (χ0n) is 16.2. The molecule has 3 heteroatoms. The smallest absolute Gasteiger partial charge is 0.232 e. The first-order chi connectivity index (χ1) is 12.9. The third-order valence-electron chi connectivity index (χ3n) is 5.64. The molecule has 2 aromatic rings. The van der Waals surface area contributed by atoms with Crippen molar-refractivity contribution in [3.63, 3.8) is 0 Å². The fraction of sp³-hybridized carbons (Fsp3) is 0.333. The van der Waals surface area contributed by atoms with Gasteiger partial charge in [0.1, 0.15) is 0 Å². The first kappa shape index (κ1) is 17.7. The van der Waals surface area contributed by atoms with Crippen LogP contribution in [0, 0.1) is 12.3 Å². The second-order valence-corrected chi connectivity index (χ2v) is 8.53. The van der Waals surface area contributed by atoms with Crippen molar-refractivity contribution in [3.8, 4) is 0 Å². The molecule has 0 aromatic heterocycles. The average molecular weight is 359 g/mol. The Bertz CT molecular complexity index is 923. The van der Waals surface area contributed by atoms with Gasteiger partial charge in [0.15, 0.2) is 5.78 Å². The minimum atomic E-state index is -0.141. The Labute approximate surface area is 160 Å². The van der Waals surface area contributed by atoms with Gasteiger partial charge in [0, 0.05) is 35.7 Å². The van der Waals surface area contributed by atoms with Crippen LogP contribution in [-0.2, 0) is 9.59 Å². The van der Waals surface area contributed by atoms with Crippen molar-refractivity contribution in [2.75, 3.05) is 4.90 Å². The van der Waals surface area contributed by atoms with Crippen LogP contribution in [-0.4, -0.2) is 11.7 Å². The lowest BCUT2D eigenvalue weighted by molar-refractivity contribution is -0.121. The first-order valence-corrected chi connectivity index (χ1v) is 9.56. The number of benzene rings is 2.